The molecule has 9 nitrogen and oxygen atoms in total. The molecule has 1 saturated heterocycles. The zero-order chi connectivity index (χ0) is 18.6. The normalized spacial score (nSPS) is 18.8. The van der Waals surface area contributed by atoms with Gasteiger partial charge in [-0.3, -0.25) is 19.4 Å². The van der Waals surface area contributed by atoms with Crippen molar-refractivity contribution in [3.05, 3.63) is 36.0 Å². The standard InChI is InChI=1S/C18H25N7O2/c1-14(23-6-8-27-9-7-23)18(26)24-4-5-25-16(13-24)10-15(22-25)11-21-17-12-19-2-3-20-17/h2-3,10,12,14H,4-9,11,13H2,1H3,(H,20,21)/t14-/m1/s1. The van der Waals surface area contributed by atoms with E-state index in [1.807, 2.05) is 16.5 Å². The Balaban J connectivity index is 1.36. The molecule has 1 amide bonds. The molecular weight excluding hydrogens is 346 g/mol. The van der Waals surface area contributed by atoms with Crippen LogP contribution in [0.1, 0.15) is 18.3 Å². The van der Waals surface area contributed by atoms with Gasteiger partial charge in [0.1, 0.15) is 5.82 Å². The zero-order valence-corrected chi connectivity index (χ0v) is 15.5. The molecule has 1 fully saturated rings. The minimum Gasteiger partial charge on any atom is -0.379 e. The van der Waals surface area contributed by atoms with Crippen LogP contribution in [0, 0.1) is 0 Å². The minimum atomic E-state index is -0.110. The Morgan fingerprint density at radius 2 is 2.11 bits per heavy atom. The monoisotopic (exact) mass is 371 g/mol. The number of nitrogens with one attached hydrogen (secondary N) is 1. The molecule has 2 aliphatic heterocycles. The van der Waals surface area contributed by atoms with E-state index in [-0.39, 0.29) is 11.9 Å². The number of morpholine rings is 1. The highest BCUT2D eigenvalue weighted by Gasteiger charge is 2.29. The molecule has 2 aromatic heterocycles. The second kappa shape index (κ2) is 8.01. The lowest BCUT2D eigenvalue weighted by Crippen LogP contribution is -2.52. The van der Waals surface area contributed by atoms with E-state index in [2.05, 4.69) is 31.3 Å². The Hall–Kier alpha value is -2.52. The molecule has 144 valence electrons. The summed E-state index contributed by atoms with van der Waals surface area (Å²) in [5.74, 6) is 0.906. The number of nitrogens with zero attached hydrogens (tertiary/aromatic N) is 6. The topological polar surface area (TPSA) is 88.4 Å². The summed E-state index contributed by atoms with van der Waals surface area (Å²) in [4.78, 5) is 25.3. The third-order valence-corrected chi connectivity index (χ3v) is 5.12. The van der Waals surface area contributed by atoms with Crippen molar-refractivity contribution in [2.45, 2.75) is 32.6 Å². The SMILES string of the molecule is C[C@H](C(=O)N1CCn2nc(CNc3cnccn3)cc2C1)N1CCOCC1. The first kappa shape index (κ1) is 17.9. The van der Waals surface area contributed by atoms with Gasteiger partial charge in [0, 0.05) is 32.0 Å². The lowest BCUT2D eigenvalue weighted by atomic mass is 10.2. The first-order valence-corrected chi connectivity index (χ1v) is 9.37. The summed E-state index contributed by atoms with van der Waals surface area (Å²) in [6.45, 7) is 7.63. The summed E-state index contributed by atoms with van der Waals surface area (Å²) in [6, 6.07) is 1.95. The van der Waals surface area contributed by atoms with Crippen molar-refractivity contribution >= 4 is 11.7 Å². The van der Waals surface area contributed by atoms with Crippen LogP contribution in [-0.2, 0) is 29.2 Å². The van der Waals surface area contributed by atoms with Crippen LogP contribution in [0.2, 0.25) is 0 Å². The van der Waals surface area contributed by atoms with Gasteiger partial charge in [0.25, 0.3) is 0 Å². The Kier molecular flexibility index (Phi) is 5.30. The summed E-state index contributed by atoms with van der Waals surface area (Å²) in [5, 5.41) is 7.85. The fourth-order valence-electron chi connectivity index (χ4n) is 3.56. The summed E-state index contributed by atoms with van der Waals surface area (Å²) < 4.78 is 7.38. The van der Waals surface area contributed by atoms with Gasteiger partial charge >= 0.3 is 0 Å². The summed E-state index contributed by atoms with van der Waals surface area (Å²) in [6.07, 6.45) is 4.98. The van der Waals surface area contributed by atoms with Crippen LogP contribution in [0.3, 0.4) is 0 Å². The fraction of sp³-hybridized carbons (Fsp3) is 0.556. The third kappa shape index (κ3) is 4.09. The molecule has 1 N–H and O–H groups in total. The van der Waals surface area contributed by atoms with Gasteiger partial charge in [-0.25, -0.2) is 4.98 Å². The Bertz CT molecular complexity index is 773. The highest BCUT2D eigenvalue weighted by Crippen LogP contribution is 2.17. The number of amides is 1. The van der Waals surface area contributed by atoms with Crippen molar-refractivity contribution in [3.63, 3.8) is 0 Å². The zero-order valence-electron chi connectivity index (χ0n) is 15.5. The number of rotatable bonds is 5. The van der Waals surface area contributed by atoms with Gasteiger partial charge in [-0.05, 0) is 13.0 Å². The molecular formula is C18H25N7O2. The van der Waals surface area contributed by atoms with E-state index >= 15 is 0 Å². The molecule has 1 atom stereocenters. The molecule has 0 aromatic carbocycles. The molecule has 0 spiro atoms. The van der Waals surface area contributed by atoms with E-state index in [4.69, 9.17) is 4.74 Å². The van der Waals surface area contributed by atoms with E-state index in [0.29, 0.717) is 32.8 Å². The first-order chi connectivity index (χ1) is 13.2. The van der Waals surface area contributed by atoms with Crippen LogP contribution in [0.5, 0.6) is 0 Å². The number of carbonyl (C=O) groups excluding carboxylic acids is 1. The predicted octanol–water partition coefficient (Wildman–Crippen LogP) is 0.348. The van der Waals surface area contributed by atoms with Crippen LogP contribution in [0.15, 0.2) is 24.7 Å². The number of hydrogen-bond donors (Lipinski definition) is 1. The van der Waals surface area contributed by atoms with Gasteiger partial charge in [0.2, 0.25) is 5.91 Å². The summed E-state index contributed by atoms with van der Waals surface area (Å²) >= 11 is 0. The maximum Gasteiger partial charge on any atom is 0.240 e. The molecule has 4 rings (SSSR count). The molecule has 0 radical (unpaired) electrons. The minimum absolute atomic E-state index is 0.110. The van der Waals surface area contributed by atoms with Crippen molar-refractivity contribution < 1.29 is 9.53 Å². The largest absolute Gasteiger partial charge is 0.379 e. The van der Waals surface area contributed by atoms with Gasteiger partial charge in [0.15, 0.2) is 0 Å². The highest BCUT2D eigenvalue weighted by molar-refractivity contribution is 5.81. The van der Waals surface area contributed by atoms with Crippen molar-refractivity contribution in [1.82, 2.24) is 29.5 Å². The smallest absolute Gasteiger partial charge is 0.240 e. The van der Waals surface area contributed by atoms with Crippen molar-refractivity contribution in [2.75, 3.05) is 38.2 Å². The van der Waals surface area contributed by atoms with E-state index in [9.17, 15) is 4.79 Å². The quantitative estimate of drug-likeness (QED) is 0.811. The number of anilines is 1. The van der Waals surface area contributed by atoms with Crippen molar-refractivity contribution in [2.24, 2.45) is 0 Å². The van der Waals surface area contributed by atoms with Gasteiger partial charge in [0.05, 0.1) is 56.5 Å². The first-order valence-electron chi connectivity index (χ1n) is 9.37. The van der Waals surface area contributed by atoms with E-state index < -0.39 is 0 Å². The van der Waals surface area contributed by atoms with E-state index in [1.54, 1.807) is 18.6 Å². The van der Waals surface area contributed by atoms with Gasteiger partial charge < -0.3 is 15.0 Å². The second-order valence-corrected chi connectivity index (χ2v) is 6.88. The molecule has 2 aliphatic rings. The van der Waals surface area contributed by atoms with E-state index in [0.717, 1.165) is 36.8 Å². The van der Waals surface area contributed by atoms with Crippen LogP contribution >= 0.6 is 0 Å². The summed E-state index contributed by atoms with van der Waals surface area (Å²) in [5.41, 5.74) is 2.01. The van der Waals surface area contributed by atoms with Crippen LogP contribution in [-0.4, -0.2) is 74.3 Å². The van der Waals surface area contributed by atoms with E-state index in [1.165, 1.54) is 0 Å². The molecule has 27 heavy (non-hydrogen) atoms. The Labute approximate surface area is 158 Å². The molecule has 0 unspecified atom stereocenters. The lowest BCUT2D eigenvalue weighted by molar-refractivity contribution is -0.139. The lowest BCUT2D eigenvalue weighted by Gasteiger charge is -2.36. The van der Waals surface area contributed by atoms with Crippen LogP contribution < -0.4 is 5.32 Å². The number of aromatic nitrogens is 4. The number of fused-ring (bicyclic) bond motifs is 1. The van der Waals surface area contributed by atoms with Gasteiger partial charge in [-0.2, -0.15) is 5.10 Å². The van der Waals surface area contributed by atoms with Crippen molar-refractivity contribution in [1.29, 1.82) is 0 Å². The maximum absolute atomic E-state index is 12.9. The highest BCUT2D eigenvalue weighted by atomic mass is 16.5. The molecule has 2 aromatic rings. The third-order valence-electron chi connectivity index (χ3n) is 5.12. The van der Waals surface area contributed by atoms with Crippen molar-refractivity contribution in [3.8, 4) is 0 Å². The molecule has 0 aliphatic carbocycles. The molecule has 0 saturated carbocycles. The fourth-order valence-corrected chi connectivity index (χ4v) is 3.56. The predicted molar refractivity (Wildman–Crippen MR) is 98.9 cm³/mol. The Morgan fingerprint density at radius 1 is 1.26 bits per heavy atom. The molecule has 0 bridgehead atoms. The average molecular weight is 371 g/mol. The second-order valence-electron chi connectivity index (χ2n) is 6.88. The van der Waals surface area contributed by atoms with Gasteiger partial charge in [-0.15, -0.1) is 0 Å². The average Bonchev–Trinajstić information content (AvgIpc) is 3.14. The van der Waals surface area contributed by atoms with Crippen LogP contribution in [0.4, 0.5) is 5.82 Å². The Morgan fingerprint density at radius 3 is 2.89 bits per heavy atom. The molecule has 4 heterocycles. The molecule has 9 heteroatoms. The number of hydrogen-bond acceptors (Lipinski definition) is 7. The number of carbonyl (C=O) groups is 1. The van der Waals surface area contributed by atoms with Gasteiger partial charge in [-0.1, -0.05) is 0 Å². The summed E-state index contributed by atoms with van der Waals surface area (Å²) in [7, 11) is 0. The van der Waals surface area contributed by atoms with Crippen LogP contribution in [0.25, 0.3) is 0 Å². The maximum atomic E-state index is 12.9. The number of ether oxygens (including phenoxy) is 1.